The van der Waals surface area contributed by atoms with E-state index in [1.165, 1.54) is 0 Å². The largest absolute Gasteiger partial charge is 0.379 e. The second kappa shape index (κ2) is 9.27. The molecule has 132 valence electrons. The fraction of sp³-hybridized carbons (Fsp3) is 0.929. The summed E-state index contributed by atoms with van der Waals surface area (Å²) in [7, 11) is 0.594. The van der Waals surface area contributed by atoms with Crippen molar-refractivity contribution < 1.29 is 13.2 Å². The first-order valence-corrected chi connectivity index (χ1v) is 9.18. The third-order valence-electron chi connectivity index (χ3n) is 3.81. The first kappa shape index (κ1) is 21.9. The van der Waals surface area contributed by atoms with Crippen molar-refractivity contribution in [3.05, 3.63) is 0 Å². The number of ether oxygens (including phenoxy) is 1. The lowest BCUT2D eigenvalue weighted by Gasteiger charge is -2.30. The number of hydrogen-bond donors (Lipinski definition) is 2. The van der Waals surface area contributed by atoms with Crippen LogP contribution in [0.3, 0.4) is 0 Å². The maximum atomic E-state index is 11.4. The number of halogens is 1. The molecular weight excluding hydrogens is 417 g/mol. The van der Waals surface area contributed by atoms with Gasteiger partial charge in [-0.05, 0) is 17.8 Å². The molecule has 0 aromatic rings. The molecule has 0 aromatic carbocycles. The van der Waals surface area contributed by atoms with Gasteiger partial charge < -0.3 is 15.4 Å². The van der Waals surface area contributed by atoms with Gasteiger partial charge in [0.1, 0.15) is 0 Å². The number of nitrogens with zero attached hydrogens (tertiary/aromatic N) is 1. The van der Waals surface area contributed by atoms with Gasteiger partial charge in [0.25, 0.3) is 0 Å². The first-order chi connectivity index (χ1) is 9.68. The van der Waals surface area contributed by atoms with Gasteiger partial charge >= 0.3 is 0 Å². The minimum atomic E-state index is -2.82. The molecule has 2 unspecified atom stereocenters. The van der Waals surface area contributed by atoms with Crippen molar-refractivity contribution in [2.24, 2.45) is 16.3 Å². The molecule has 1 saturated heterocycles. The Morgan fingerprint density at radius 3 is 2.41 bits per heavy atom. The quantitative estimate of drug-likeness (QED) is 0.377. The summed E-state index contributed by atoms with van der Waals surface area (Å²) in [5.74, 6) is 1.45. The smallest absolute Gasteiger partial charge is 0.191 e. The standard InChI is InChI=1S/C14H29N3O3S.HI/c1-14(2,3)12(20-5)9-17-13(15-4)16-8-11-6-7-21(18,19)10-11;/h11-12H,6-10H2,1-5H3,(H2,15,16,17);1H. The fourth-order valence-corrected chi connectivity index (χ4v) is 4.29. The highest BCUT2D eigenvalue weighted by atomic mass is 127. The highest BCUT2D eigenvalue weighted by molar-refractivity contribution is 14.0. The predicted octanol–water partition coefficient (Wildman–Crippen LogP) is 1.27. The van der Waals surface area contributed by atoms with E-state index in [1.807, 2.05) is 0 Å². The lowest BCUT2D eigenvalue weighted by atomic mass is 9.89. The molecule has 1 fully saturated rings. The zero-order chi connectivity index (χ0) is 16.1. The average Bonchev–Trinajstić information content (AvgIpc) is 2.72. The number of nitrogens with one attached hydrogen (secondary N) is 2. The van der Waals surface area contributed by atoms with Crippen molar-refractivity contribution in [1.29, 1.82) is 0 Å². The van der Waals surface area contributed by atoms with Crippen LogP contribution < -0.4 is 10.6 Å². The maximum Gasteiger partial charge on any atom is 0.191 e. The lowest BCUT2D eigenvalue weighted by Crippen LogP contribution is -2.46. The van der Waals surface area contributed by atoms with Crippen LogP contribution in [0.5, 0.6) is 0 Å². The van der Waals surface area contributed by atoms with Crippen LogP contribution in [0.25, 0.3) is 0 Å². The van der Waals surface area contributed by atoms with Crippen molar-refractivity contribution in [3.63, 3.8) is 0 Å². The third kappa shape index (κ3) is 7.45. The fourth-order valence-electron chi connectivity index (χ4n) is 2.43. The van der Waals surface area contributed by atoms with Crippen LogP contribution in [0, 0.1) is 11.3 Å². The Balaban J connectivity index is 0.00000441. The van der Waals surface area contributed by atoms with E-state index < -0.39 is 9.84 Å². The number of sulfone groups is 1. The Labute approximate surface area is 151 Å². The zero-order valence-electron chi connectivity index (χ0n) is 14.2. The molecule has 0 aromatic heterocycles. The molecule has 0 radical (unpaired) electrons. The maximum absolute atomic E-state index is 11.4. The van der Waals surface area contributed by atoms with Gasteiger partial charge in [0.05, 0.1) is 17.6 Å². The van der Waals surface area contributed by atoms with Gasteiger partial charge in [-0.25, -0.2) is 8.42 Å². The topological polar surface area (TPSA) is 79.8 Å². The normalized spacial score (nSPS) is 22.8. The summed E-state index contributed by atoms with van der Waals surface area (Å²) in [5, 5.41) is 6.44. The van der Waals surface area contributed by atoms with Crippen molar-refractivity contribution in [1.82, 2.24) is 10.6 Å². The van der Waals surface area contributed by atoms with Gasteiger partial charge in [-0.2, -0.15) is 0 Å². The highest BCUT2D eigenvalue weighted by Gasteiger charge is 2.28. The molecule has 2 atom stereocenters. The molecule has 1 aliphatic heterocycles. The zero-order valence-corrected chi connectivity index (χ0v) is 17.3. The van der Waals surface area contributed by atoms with Crippen LogP contribution in [0.4, 0.5) is 0 Å². The average molecular weight is 447 g/mol. The number of methoxy groups -OCH3 is 1. The lowest BCUT2D eigenvalue weighted by molar-refractivity contribution is 0.0205. The summed E-state index contributed by atoms with van der Waals surface area (Å²) in [5.41, 5.74) is 0.0418. The summed E-state index contributed by atoms with van der Waals surface area (Å²) in [6, 6.07) is 0. The van der Waals surface area contributed by atoms with Crippen molar-refractivity contribution in [2.45, 2.75) is 33.3 Å². The van der Waals surface area contributed by atoms with Crippen molar-refractivity contribution in [2.75, 3.05) is 38.8 Å². The number of rotatable bonds is 5. The second-order valence-corrected chi connectivity index (χ2v) is 8.92. The Morgan fingerprint density at radius 2 is 2.00 bits per heavy atom. The van der Waals surface area contributed by atoms with Crippen LogP contribution in [-0.2, 0) is 14.6 Å². The van der Waals surface area contributed by atoms with Gasteiger partial charge in [0.15, 0.2) is 15.8 Å². The van der Waals surface area contributed by atoms with Crippen molar-refractivity contribution in [3.8, 4) is 0 Å². The van der Waals surface area contributed by atoms with E-state index in [9.17, 15) is 8.42 Å². The summed E-state index contributed by atoms with van der Waals surface area (Å²) in [6.07, 6.45) is 0.803. The van der Waals surface area contributed by atoms with Gasteiger partial charge in [-0.1, -0.05) is 20.8 Å². The van der Waals surface area contributed by atoms with Gasteiger partial charge in [0, 0.05) is 27.2 Å². The molecule has 0 amide bonds. The minimum Gasteiger partial charge on any atom is -0.379 e. The molecule has 2 N–H and O–H groups in total. The van der Waals surface area contributed by atoms with Crippen LogP contribution >= 0.6 is 24.0 Å². The van der Waals surface area contributed by atoms with Crippen molar-refractivity contribution >= 4 is 39.8 Å². The van der Waals surface area contributed by atoms with Gasteiger partial charge in [-0.15, -0.1) is 24.0 Å². The molecule has 22 heavy (non-hydrogen) atoms. The molecule has 0 bridgehead atoms. The Bertz CT molecular complexity index is 460. The highest BCUT2D eigenvalue weighted by Crippen LogP contribution is 2.21. The summed E-state index contributed by atoms with van der Waals surface area (Å²) in [6.45, 7) is 7.67. The predicted molar refractivity (Wildman–Crippen MR) is 102 cm³/mol. The van der Waals surface area contributed by atoms with Crippen LogP contribution in [0.2, 0.25) is 0 Å². The molecule has 6 nitrogen and oxygen atoms in total. The second-order valence-electron chi connectivity index (χ2n) is 6.69. The number of aliphatic imine (C=N–C) groups is 1. The van der Waals surface area contributed by atoms with Crippen LogP contribution in [0.1, 0.15) is 27.2 Å². The van der Waals surface area contributed by atoms with Gasteiger partial charge in [-0.3, -0.25) is 4.99 Å². The Hall–Kier alpha value is -0.0900. The van der Waals surface area contributed by atoms with Gasteiger partial charge in [0.2, 0.25) is 0 Å². The summed E-state index contributed by atoms with van der Waals surface area (Å²) >= 11 is 0. The molecule has 1 rings (SSSR count). The van der Waals surface area contributed by atoms with Crippen LogP contribution in [0.15, 0.2) is 4.99 Å². The molecule has 1 aliphatic rings. The molecule has 8 heteroatoms. The Morgan fingerprint density at radius 1 is 1.36 bits per heavy atom. The monoisotopic (exact) mass is 447 g/mol. The van der Waals surface area contributed by atoms with E-state index in [0.717, 1.165) is 6.42 Å². The molecule has 1 heterocycles. The van der Waals surface area contributed by atoms with E-state index in [4.69, 9.17) is 4.74 Å². The summed E-state index contributed by atoms with van der Waals surface area (Å²) < 4.78 is 28.3. The molecular formula is C14H30IN3O3S. The van der Waals surface area contributed by atoms with E-state index in [1.54, 1.807) is 14.2 Å². The summed E-state index contributed by atoms with van der Waals surface area (Å²) in [4.78, 5) is 4.16. The van der Waals surface area contributed by atoms with Crippen LogP contribution in [-0.4, -0.2) is 59.2 Å². The molecule has 0 saturated carbocycles. The Kier molecular flexibility index (Phi) is 9.23. The van der Waals surface area contributed by atoms with E-state index >= 15 is 0 Å². The van der Waals surface area contributed by atoms with E-state index in [0.29, 0.717) is 24.8 Å². The first-order valence-electron chi connectivity index (χ1n) is 7.35. The van der Waals surface area contributed by atoms with E-state index in [2.05, 4.69) is 36.4 Å². The van der Waals surface area contributed by atoms with E-state index in [-0.39, 0.29) is 47.2 Å². The third-order valence-corrected chi connectivity index (χ3v) is 5.65. The molecule has 0 spiro atoms. The number of guanidine groups is 1. The SMILES string of the molecule is CN=C(NCC1CCS(=O)(=O)C1)NCC(OC)C(C)(C)C.I. The number of hydrogen-bond acceptors (Lipinski definition) is 4. The minimum absolute atomic E-state index is 0. The molecule has 0 aliphatic carbocycles.